The lowest BCUT2D eigenvalue weighted by atomic mass is 10.1. The van der Waals surface area contributed by atoms with Crippen molar-refractivity contribution in [3.63, 3.8) is 0 Å². The highest BCUT2D eigenvalue weighted by atomic mass is 16.1. The van der Waals surface area contributed by atoms with E-state index in [9.17, 15) is 4.79 Å². The Labute approximate surface area is 124 Å². The van der Waals surface area contributed by atoms with Crippen molar-refractivity contribution >= 4 is 11.6 Å². The maximum absolute atomic E-state index is 12.3. The van der Waals surface area contributed by atoms with Crippen LogP contribution in [0.1, 0.15) is 35.1 Å². The van der Waals surface area contributed by atoms with Gasteiger partial charge in [-0.2, -0.15) is 0 Å². The number of benzene rings is 1. The highest BCUT2D eigenvalue weighted by Gasteiger charge is 2.10. The SMILES string of the molecule is CCCNc1ccccc1C(=O)NCc1cnc(C)cn1. The molecule has 110 valence electrons. The van der Waals surface area contributed by atoms with Gasteiger partial charge in [-0.05, 0) is 25.5 Å². The summed E-state index contributed by atoms with van der Waals surface area (Å²) in [5, 5.41) is 6.13. The predicted octanol–water partition coefficient (Wildman–Crippen LogP) is 2.54. The number of hydrogen-bond donors (Lipinski definition) is 2. The number of nitrogens with zero attached hydrogens (tertiary/aromatic N) is 2. The molecule has 0 saturated heterocycles. The van der Waals surface area contributed by atoms with E-state index in [0.717, 1.165) is 30.0 Å². The van der Waals surface area contributed by atoms with Crippen molar-refractivity contribution in [2.45, 2.75) is 26.8 Å². The molecule has 0 aliphatic heterocycles. The Morgan fingerprint density at radius 3 is 2.71 bits per heavy atom. The van der Waals surface area contributed by atoms with Crippen molar-refractivity contribution in [3.8, 4) is 0 Å². The molecule has 0 aliphatic rings. The average molecular weight is 284 g/mol. The van der Waals surface area contributed by atoms with Gasteiger partial charge in [-0.25, -0.2) is 0 Å². The number of nitrogens with one attached hydrogen (secondary N) is 2. The number of rotatable bonds is 6. The number of amides is 1. The lowest BCUT2D eigenvalue weighted by Crippen LogP contribution is -2.24. The molecule has 0 fully saturated rings. The maximum atomic E-state index is 12.3. The summed E-state index contributed by atoms with van der Waals surface area (Å²) in [5.41, 5.74) is 3.10. The Balaban J connectivity index is 2.01. The molecule has 0 bridgehead atoms. The highest BCUT2D eigenvalue weighted by molar-refractivity contribution is 5.99. The minimum absolute atomic E-state index is 0.114. The van der Waals surface area contributed by atoms with Crippen LogP contribution in [0.3, 0.4) is 0 Å². The Hall–Kier alpha value is -2.43. The molecule has 21 heavy (non-hydrogen) atoms. The van der Waals surface area contributed by atoms with E-state index in [-0.39, 0.29) is 5.91 Å². The fraction of sp³-hybridized carbons (Fsp3) is 0.312. The zero-order chi connectivity index (χ0) is 15.1. The molecular weight excluding hydrogens is 264 g/mol. The first-order valence-corrected chi connectivity index (χ1v) is 7.09. The fourth-order valence-electron chi connectivity index (χ4n) is 1.87. The van der Waals surface area contributed by atoms with Crippen LogP contribution in [0.2, 0.25) is 0 Å². The summed E-state index contributed by atoms with van der Waals surface area (Å²) >= 11 is 0. The number of carbonyl (C=O) groups excluding carboxylic acids is 1. The van der Waals surface area contributed by atoms with Gasteiger partial charge in [-0.15, -0.1) is 0 Å². The van der Waals surface area contributed by atoms with E-state index in [4.69, 9.17) is 0 Å². The van der Waals surface area contributed by atoms with Crippen LogP contribution in [0.15, 0.2) is 36.7 Å². The second-order valence-electron chi connectivity index (χ2n) is 4.80. The monoisotopic (exact) mass is 284 g/mol. The van der Waals surface area contributed by atoms with E-state index < -0.39 is 0 Å². The van der Waals surface area contributed by atoms with Crippen molar-refractivity contribution in [3.05, 3.63) is 53.6 Å². The minimum atomic E-state index is -0.114. The summed E-state index contributed by atoms with van der Waals surface area (Å²) in [7, 11) is 0. The van der Waals surface area contributed by atoms with Gasteiger partial charge in [0.05, 0.1) is 29.7 Å². The fourth-order valence-corrected chi connectivity index (χ4v) is 1.87. The third kappa shape index (κ3) is 4.27. The van der Waals surface area contributed by atoms with Crippen LogP contribution < -0.4 is 10.6 Å². The summed E-state index contributed by atoms with van der Waals surface area (Å²) in [6, 6.07) is 7.50. The van der Waals surface area contributed by atoms with Crippen molar-refractivity contribution < 1.29 is 4.79 Å². The molecule has 1 heterocycles. The summed E-state index contributed by atoms with van der Waals surface area (Å²) in [6.45, 7) is 5.18. The standard InChI is InChI=1S/C16H20N4O/c1-3-8-17-15-7-5-4-6-14(15)16(21)20-11-13-10-18-12(2)9-19-13/h4-7,9-10,17H,3,8,11H2,1-2H3,(H,20,21). The molecular formula is C16H20N4O. The van der Waals surface area contributed by atoms with E-state index in [2.05, 4.69) is 27.5 Å². The lowest BCUT2D eigenvalue weighted by molar-refractivity contribution is 0.0951. The third-order valence-corrected chi connectivity index (χ3v) is 3.00. The molecule has 0 aliphatic carbocycles. The quantitative estimate of drug-likeness (QED) is 0.855. The number of carbonyl (C=O) groups is 1. The van der Waals surface area contributed by atoms with Gasteiger partial charge in [-0.3, -0.25) is 14.8 Å². The van der Waals surface area contributed by atoms with Gasteiger partial charge < -0.3 is 10.6 Å². The largest absolute Gasteiger partial charge is 0.384 e. The van der Waals surface area contributed by atoms with Gasteiger partial charge in [0.2, 0.25) is 0 Å². The van der Waals surface area contributed by atoms with Gasteiger partial charge in [0, 0.05) is 18.4 Å². The highest BCUT2D eigenvalue weighted by Crippen LogP contribution is 2.14. The second kappa shape index (κ2) is 7.38. The number of aromatic nitrogens is 2. The molecule has 0 spiro atoms. The van der Waals surface area contributed by atoms with Gasteiger partial charge in [-0.1, -0.05) is 19.1 Å². The third-order valence-electron chi connectivity index (χ3n) is 3.00. The molecule has 0 saturated carbocycles. The van der Waals surface area contributed by atoms with Crippen molar-refractivity contribution in [1.29, 1.82) is 0 Å². The summed E-state index contributed by atoms with van der Waals surface area (Å²) in [4.78, 5) is 20.7. The molecule has 1 aromatic heterocycles. The van der Waals surface area contributed by atoms with Crippen LogP contribution >= 0.6 is 0 Å². The van der Waals surface area contributed by atoms with Gasteiger partial charge >= 0.3 is 0 Å². The molecule has 2 aromatic rings. The molecule has 2 N–H and O–H groups in total. The first-order chi connectivity index (χ1) is 10.2. The van der Waals surface area contributed by atoms with Crippen molar-refractivity contribution in [1.82, 2.24) is 15.3 Å². The minimum Gasteiger partial charge on any atom is -0.384 e. The van der Waals surface area contributed by atoms with Crippen LogP contribution in [0.5, 0.6) is 0 Å². The number of hydrogen-bond acceptors (Lipinski definition) is 4. The zero-order valence-corrected chi connectivity index (χ0v) is 12.4. The Bertz CT molecular complexity index is 595. The van der Waals surface area contributed by atoms with E-state index in [1.165, 1.54) is 0 Å². The molecule has 2 rings (SSSR count). The molecule has 0 unspecified atom stereocenters. The molecule has 0 atom stereocenters. The Morgan fingerprint density at radius 1 is 1.19 bits per heavy atom. The first-order valence-electron chi connectivity index (χ1n) is 7.09. The molecule has 0 radical (unpaired) electrons. The average Bonchev–Trinajstić information content (AvgIpc) is 2.52. The zero-order valence-electron chi connectivity index (χ0n) is 12.4. The summed E-state index contributed by atoms with van der Waals surface area (Å²) in [5.74, 6) is -0.114. The lowest BCUT2D eigenvalue weighted by Gasteiger charge is -2.11. The van der Waals surface area contributed by atoms with Gasteiger partial charge in [0.1, 0.15) is 0 Å². The summed E-state index contributed by atoms with van der Waals surface area (Å²) in [6.07, 6.45) is 4.38. The van der Waals surface area contributed by atoms with Crippen LogP contribution in [0.4, 0.5) is 5.69 Å². The van der Waals surface area contributed by atoms with E-state index >= 15 is 0 Å². The van der Waals surface area contributed by atoms with Crippen LogP contribution in [0, 0.1) is 6.92 Å². The molecule has 1 aromatic carbocycles. The number of aryl methyl sites for hydroxylation is 1. The van der Waals surface area contributed by atoms with Gasteiger partial charge in [0.15, 0.2) is 0 Å². The van der Waals surface area contributed by atoms with Crippen molar-refractivity contribution in [2.24, 2.45) is 0 Å². The number of anilines is 1. The maximum Gasteiger partial charge on any atom is 0.253 e. The normalized spacial score (nSPS) is 10.2. The van der Waals surface area contributed by atoms with Crippen LogP contribution in [-0.4, -0.2) is 22.4 Å². The van der Waals surface area contributed by atoms with E-state index in [0.29, 0.717) is 12.1 Å². The van der Waals surface area contributed by atoms with E-state index in [1.54, 1.807) is 12.4 Å². The second-order valence-corrected chi connectivity index (χ2v) is 4.80. The smallest absolute Gasteiger partial charge is 0.253 e. The molecule has 1 amide bonds. The first kappa shape index (κ1) is 15.0. The molecule has 5 heteroatoms. The number of para-hydroxylation sites is 1. The molecule has 5 nitrogen and oxygen atoms in total. The Morgan fingerprint density at radius 2 is 2.00 bits per heavy atom. The predicted molar refractivity (Wildman–Crippen MR) is 83.2 cm³/mol. The Kier molecular flexibility index (Phi) is 5.26. The van der Waals surface area contributed by atoms with E-state index in [1.807, 2.05) is 31.2 Å². The van der Waals surface area contributed by atoms with Gasteiger partial charge in [0.25, 0.3) is 5.91 Å². The van der Waals surface area contributed by atoms with Crippen LogP contribution in [-0.2, 0) is 6.54 Å². The van der Waals surface area contributed by atoms with Crippen molar-refractivity contribution in [2.75, 3.05) is 11.9 Å². The van der Waals surface area contributed by atoms with Crippen LogP contribution in [0.25, 0.3) is 0 Å². The topological polar surface area (TPSA) is 66.9 Å². The summed E-state index contributed by atoms with van der Waals surface area (Å²) < 4.78 is 0.